The molecular weight excluding hydrogens is 370 g/mol. The zero-order valence-electron chi connectivity index (χ0n) is 13.4. The monoisotopic (exact) mass is 389 g/mol. The highest BCUT2D eigenvalue weighted by atomic mass is 79.9. The summed E-state index contributed by atoms with van der Waals surface area (Å²) >= 11 is 3.43. The molecule has 24 heavy (non-hydrogen) atoms. The average molecular weight is 390 g/mol. The van der Waals surface area contributed by atoms with Crippen LogP contribution < -0.4 is 20.9 Å². The molecule has 0 saturated carbocycles. The van der Waals surface area contributed by atoms with Gasteiger partial charge in [0.05, 0.1) is 7.11 Å². The molecule has 1 heterocycles. The van der Waals surface area contributed by atoms with E-state index in [-0.39, 0.29) is 18.0 Å². The normalized spacial score (nSPS) is 19.9. The van der Waals surface area contributed by atoms with Gasteiger partial charge in [0.2, 0.25) is 5.91 Å². The van der Waals surface area contributed by atoms with Crippen molar-refractivity contribution in [3.63, 3.8) is 0 Å². The molecule has 0 aromatic heterocycles. The Morgan fingerprint density at radius 3 is 2.71 bits per heavy atom. The van der Waals surface area contributed by atoms with Gasteiger partial charge in [-0.3, -0.25) is 4.79 Å². The molecule has 0 aliphatic carbocycles. The fourth-order valence-electron chi connectivity index (χ4n) is 2.80. The molecule has 1 aliphatic rings. The third kappa shape index (κ3) is 3.95. The van der Waals surface area contributed by atoms with Gasteiger partial charge in [-0.05, 0) is 30.2 Å². The molecule has 2 atom stereocenters. The second kappa shape index (κ2) is 7.79. The molecule has 3 rings (SSSR count). The van der Waals surface area contributed by atoms with Gasteiger partial charge in [0, 0.05) is 22.6 Å². The van der Waals surface area contributed by atoms with Gasteiger partial charge in [-0.1, -0.05) is 46.3 Å². The zero-order chi connectivity index (χ0) is 16.9. The smallest absolute Gasteiger partial charge is 0.238 e. The van der Waals surface area contributed by atoms with E-state index in [9.17, 15) is 4.79 Å². The average Bonchev–Trinajstić information content (AvgIpc) is 3.10. The zero-order valence-corrected chi connectivity index (χ0v) is 15.0. The van der Waals surface area contributed by atoms with Gasteiger partial charge in [0.25, 0.3) is 0 Å². The molecule has 1 aliphatic heterocycles. The molecule has 0 spiro atoms. The molecule has 6 heteroatoms. The van der Waals surface area contributed by atoms with Crippen molar-refractivity contribution in [1.29, 1.82) is 0 Å². The molecule has 2 aromatic rings. The van der Waals surface area contributed by atoms with E-state index in [1.807, 2.05) is 36.4 Å². The van der Waals surface area contributed by atoms with E-state index >= 15 is 0 Å². The number of carbonyl (C=O) groups is 1. The fourth-order valence-corrected chi connectivity index (χ4v) is 3.06. The van der Waals surface area contributed by atoms with E-state index in [1.54, 1.807) is 7.11 Å². The van der Waals surface area contributed by atoms with Crippen molar-refractivity contribution in [2.24, 2.45) is 0 Å². The van der Waals surface area contributed by atoms with Crippen LogP contribution in [0.15, 0.2) is 53.0 Å². The Labute approximate surface area is 149 Å². The van der Waals surface area contributed by atoms with Gasteiger partial charge < -0.3 is 10.1 Å². The minimum Gasteiger partial charge on any atom is -0.496 e. The second-order valence-electron chi connectivity index (χ2n) is 5.71. The number of benzene rings is 2. The van der Waals surface area contributed by atoms with Crippen LogP contribution in [-0.2, 0) is 11.3 Å². The molecule has 0 bridgehead atoms. The predicted molar refractivity (Wildman–Crippen MR) is 96.4 cm³/mol. The van der Waals surface area contributed by atoms with Crippen LogP contribution in [0, 0.1) is 0 Å². The van der Waals surface area contributed by atoms with Crippen molar-refractivity contribution >= 4 is 21.8 Å². The number of ether oxygens (including phenoxy) is 1. The van der Waals surface area contributed by atoms with E-state index in [2.05, 4.69) is 44.2 Å². The van der Waals surface area contributed by atoms with Gasteiger partial charge in [0.15, 0.2) is 0 Å². The second-order valence-corrected chi connectivity index (χ2v) is 6.63. The lowest BCUT2D eigenvalue weighted by Crippen LogP contribution is -2.42. The first-order valence-corrected chi connectivity index (χ1v) is 8.63. The van der Waals surface area contributed by atoms with E-state index in [0.717, 1.165) is 21.3 Å². The summed E-state index contributed by atoms with van der Waals surface area (Å²) in [6, 6.07) is 15.7. The maximum absolute atomic E-state index is 12.4. The Kier molecular flexibility index (Phi) is 5.50. The van der Waals surface area contributed by atoms with Gasteiger partial charge >= 0.3 is 0 Å². The van der Waals surface area contributed by atoms with E-state index in [0.29, 0.717) is 13.0 Å². The standard InChI is InChI=1S/C18H20BrN3O2/c1-24-17-5-3-2-4-13(17)11-20-18(23)16-10-15(21-22-16)12-6-8-14(19)9-7-12/h2-9,15-16,21-22H,10-11H2,1H3,(H,20,23). The van der Waals surface area contributed by atoms with E-state index in [1.165, 1.54) is 0 Å². The Bertz CT molecular complexity index is 706. The number of methoxy groups -OCH3 is 1. The molecule has 3 N–H and O–H groups in total. The molecule has 1 amide bonds. The fraction of sp³-hybridized carbons (Fsp3) is 0.278. The molecule has 2 unspecified atom stereocenters. The van der Waals surface area contributed by atoms with Crippen LogP contribution in [0.2, 0.25) is 0 Å². The number of rotatable bonds is 5. The molecular formula is C18H20BrN3O2. The first kappa shape index (κ1) is 17.0. The number of para-hydroxylation sites is 1. The Hall–Kier alpha value is -1.89. The number of amides is 1. The van der Waals surface area contributed by atoms with Crippen LogP contribution in [0.3, 0.4) is 0 Å². The van der Waals surface area contributed by atoms with Crippen LogP contribution in [0.5, 0.6) is 5.75 Å². The minimum atomic E-state index is -0.256. The maximum Gasteiger partial charge on any atom is 0.238 e. The van der Waals surface area contributed by atoms with Crippen LogP contribution in [0.4, 0.5) is 0 Å². The summed E-state index contributed by atoms with van der Waals surface area (Å²) in [5.74, 6) is 0.760. The van der Waals surface area contributed by atoms with Gasteiger partial charge in [-0.25, -0.2) is 10.9 Å². The van der Waals surface area contributed by atoms with Crippen LogP contribution >= 0.6 is 15.9 Å². The Balaban J connectivity index is 1.56. The number of nitrogens with one attached hydrogen (secondary N) is 3. The quantitative estimate of drug-likeness (QED) is 0.735. The molecule has 0 radical (unpaired) electrons. The summed E-state index contributed by atoms with van der Waals surface area (Å²) in [6.07, 6.45) is 0.708. The van der Waals surface area contributed by atoms with Crippen molar-refractivity contribution in [2.75, 3.05) is 7.11 Å². The van der Waals surface area contributed by atoms with Crippen molar-refractivity contribution in [1.82, 2.24) is 16.2 Å². The summed E-state index contributed by atoms with van der Waals surface area (Å²) in [4.78, 5) is 12.4. The summed E-state index contributed by atoms with van der Waals surface area (Å²) in [5.41, 5.74) is 8.39. The molecule has 126 valence electrons. The first-order valence-electron chi connectivity index (χ1n) is 7.83. The summed E-state index contributed by atoms with van der Waals surface area (Å²) in [5, 5.41) is 2.97. The minimum absolute atomic E-state index is 0.0204. The first-order chi connectivity index (χ1) is 11.7. The third-order valence-corrected chi connectivity index (χ3v) is 4.67. The summed E-state index contributed by atoms with van der Waals surface area (Å²) in [6.45, 7) is 0.448. The van der Waals surface area contributed by atoms with Crippen LogP contribution in [-0.4, -0.2) is 19.1 Å². The highest BCUT2D eigenvalue weighted by molar-refractivity contribution is 9.10. The molecule has 5 nitrogen and oxygen atoms in total. The van der Waals surface area contributed by atoms with E-state index < -0.39 is 0 Å². The maximum atomic E-state index is 12.4. The lowest BCUT2D eigenvalue weighted by molar-refractivity contribution is -0.123. The number of carbonyl (C=O) groups excluding carboxylic acids is 1. The van der Waals surface area contributed by atoms with Crippen LogP contribution in [0.25, 0.3) is 0 Å². The van der Waals surface area contributed by atoms with Gasteiger partial charge in [-0.15, -0.1) is 0 Å². The Morgan fingerprint density at radius 1 is 1.21 bits per heavy atom. The van der Waals surface area contributed by atoms with Gasteiger partial charge in [-0.2, -0.15) is 0 Å². The topological polar surface area (TPSA) is 62.4 Å². The van der Waals surface area contributed by atoms with Crippen molar-refractivity contribution in [3.05, 3.63) is 64.1 Å². The third-order valence-electron chi connectivity index (χ3n) is 4.14. The predicted octanol–water partition coefficient (Wildman–Crippen LogP) is 2.68. The molecule has 1 fully saturated rings. The number of halogens is 1. The van der Waals surface area contributed by atoms with Gasteiger partial charge in [0.1, 0.15) is 11.8 Å². The lowest BCUT2D eigenvalue weighted by Gasteiger charge is -2.12. The van der Waals surface area contributed by atoms with Crippen LogP contribution in [0.1, 0.15) is 23.6 Å². The van der Waals surface area contributed by atoms with Crippen molar-refractivity contribution in [2.45, 2.75) is 25.0 Å². The van der Waals surface area contributed by atoms with Crippen molar-refractivity contribution < 1.29 is 9.53 Å². The number of hydrogen-bond acceptors (Lipinski definition) is 4. The molecule has 2 aromatic carbocycles. The van der Waals surface area contributed by atoms with E-state index in [4.69, 9.17) is 4.74 Å². The highest BCUT2D eigenvalue weighted by Crippen LogP contribution is 2.24. The lowest BCUT2D eigenvalue weighted by atomic mass is 10.0. The Morgan fingerprint density at radius 2 is 1.96 bits per heavy atom. The van der Waals surface area contributed by atoms with Crippen molar-refractivity contribution in [3.8, 4) is 5.75 Å². The number of hydrazine groups is 1. The summed E-state index contributed by atoms with van der Waals surface area (Å²) < 4.78 is 6.35. The summed E-state index contributed by atoms with van der Waals surface area (Å²) in [7, 11) is 1.63. The molecule has 1 saturated heterocycles. The number of hydrogen-bond donors (Lipinski definition) is 3. The SMILES string of the molecule is COc1ccccc1CNC(=O)C1CC(c2ccc(Br)cc2)NN1. The highest BCUT2D eigenvalue weighted by Gasteiger charge is 2.29. The largest absolute Gasteiger partial charge is 0.496 e.